The lowest BCUT2D eigenvalue weighted by Gasteiger charge is -2.14. The molecule has 5 N–H and O–H groups in total. The molecule has 1 aromatic heterocycles. The summed E-state index contributed by atoms with van der Waals surface area (Å²) < 4.78 is 25.8. The number of amides is 1. The lowest BCUT2D eigenvalue weighted by atomic mass is 10.1. The molecule has 2 aromatic rings. The topological polar surface area (TPSA) is 104 Å². The Morgan fingerprint density at radius 2 is 1.96 bits per heavy atom. The van der Waals surface area contributed by atoms with Crippen LogP contribution in [0, 0.1) is 0 Å². The summed E-state index contributed by atoms with van der Waals surface area (Å²) in [4.78, 5) is 27.9. The summed E-state index contributed by atoms with van der Waals surface area (Å²) in [7, 11) is 0. The summed E-state index contributed by atoms with van der Waals surface area (Å²) in [6, 6.07) is 5.46. The van der Waals surface area contributed by atoms with Gasteiger partial charge in [-0.3, -0.25) is 4.79 Å². The molecule has 0 aliphatic heterocycles. The standard InChI is InChI=1S/C14H18F2N4O2.ClH/c15-14(16,7-17)8-18-12(21)3-1-2-9-4-5-10-11(6-9)20-13(22)19-10;/h4-6H,1-3,7-8,17H2,(H,18,21)(H2,19,20,22);1H. The van der Waals surface area contributed by atoms with Gasteiger partial charge in [0.1, 0.15) is 0 Å². The first-order valence-electron chi connectivity index (χ1n) is 6.95. The molecule has 0 bridgehead atoms. The zero-order valence-corrected chi connectivity index (χ0v) is 13.1. The van der Waals surface area contributed by atoms with E-state index < -0.39 is 24.9 Å². The first kappa shape index (κ1) is 19.1. The lowest BCUT2D eigenvalue weighted by molar-refractivity contribution is -0.122. The van der Waals surface area contributed by atoms with Gasteiger partial charge >= 0.3 is 5.69 Å². The Labute approximate surface area is 137 Å². The second kappa shape index (κ2) is 8.07. The van der Waals surface area contributed by atoms with Crippen LogP contribution in [0.2, 0.25) is 0 Å². The minimum atomic E-state index is -3.07. The first-order chi connectivity index (χ1) is 10.4. The zero-order valence-electron chi connectivity index (χ0n) is 12.3. The SMILES string of the molecule is Cl.NCC(F)(F)CNC(=O)CCCc1ccc2[nH]c(=O)[nH]c2c1. The third kappa shape index (κ3) is 5.65. The zero-order chi connectivity index (χ0) is 16.2. The van der Waals surface area contributed by atoms with Crippen LogP contribution in [0.15, 0.2) is 23.0 Å². The number of halogens is 3. The fourth-order valence-corrected chi connectivity index (χ4v) is 2.08. The monoisotopic (exact) mass is 348 g/mol. The van der Waals surface area contributed by atoms with E-state index in [4.69, 9.17) is 5.73 Å². The minimum Gasteiger partial charge on any atom is -0.350 e. The second-order valence-electron chi connectivity index (χ2n) is 5.15. The molecular formula is C14H19ClF2N4O2. The lowest BCUT2D eigenvalue weighted by Crippen LogP contribution is -2.41. The maximum Gasteiger partial charge on any atom is 0.323 e. The molecule has 0 spiro atoms. The van der Waals surface area contributed by atoms with Crippen LogP contribution in [0.4, 0.5) is 8.78 Å². The molecule has 0 atom stereocenters. The van der Waals surface area contributed by atoms with Gasteiger partial charge in [0.15, 0.2) is 0 Å². The number of benzene rings is 1. The third-order valence-electron chi connectivity index (χ3n) is 3.29. The molecule has 6 nitrogen and oxygen atoms in total. The highest BCUT2D eigenvalue weighted by molar-refractivity contribution is 5.85. The molecule has 0 saturated heterocycles. The van der Waals surface area contributed by atoms with Crippen molar-refractivity contribution in [2.24, 2.45) is 5.73 Å². The largest absolute Gasteiger partial charge is 0.350 e. The molecule has 0 fully saturated rings. The van der Waals surface area contributed by atoms with Crippen LogP contribution in [-0.4, -0.2) is 34.9 Å². The number of imidazole rings is 1. The average molecular weight is 349 g/mol. The number of aromatic nitrogens is 2. The van der Waals surface area contributed by atoms with Gasteiger partial charge in [0, 0.05) is 6.42 Å². The van der Waals surface area contributed by atoms with Gasteiger partial charge in [-0.05, 0) is 30.5 Å². The van der Waals surface area contributed by atoms with Crippen molar-refractivity contribution in [3.8, 4) is 0 Å². The second-order valence-corrected chi connectivity index (χ2v) is 5.15. The number of hydrogen-bond donors (Lipinski definition) is 4. The Balaban J connectivity index is 0.00000264. The highest BCUT2D eigenvalue weighted by Crippen LogP contribution is 2.13. The van der Waals surface area contributed by atoms with Gasteiger partial charge in [0.2, 0.25) is 5.91 Å². The molecular weight excluding hydrogens is 330 g/mol. The smallest absolute Gasteiger partial charge is 0.323 e. The van der Waals surface area contributed by atoms with E-state index in [0.717, 1.165) is 11.1 Å². The highest BCUT2D eigenvalue weighted by Gasteiger charge is 2.26. The Morgan fingerprint density at radius 3 is 2.65 bits per heavy atom. The van der Waals surface area contributed by atoms with Crippen LogP contribution in [0.3, 0.4) is 0 Å². The molecule has 0 saturated carbocycles. The predicted molar refractivity (Wildman–Crippen MR) is 86.1 cm³/mol. The van der Waals surface area contributed by atoms with Crippen LogP contribution < -0.4 is 16.7 Å². The van der Waals surface area contributed by atoms with Gasteiger partial charge in [0.25, 0.3) is 5.92 Å². The number of carbonyl (C=O) groups excluding carboxylic acids is 1. The summed E-state index contributed by atoms with van der Waals surface area (Å²) in [6.45, 7) is -1.53. The number of rotatable bonds is 7. The van der Waals surface area contributed by atoms with Crippen molar-refractivity contribution in [1.82, 2.24) is 15.3 Å². The van der Waals surface area contributed by atoms with Crippen LogP contribution in [-0.2, 0) is 11.2 Å². The number of aromatic amines is 2. The van der Waals surface area contributed by atoms with E-state index in [1.165, 1.54) is 0 Å². The molecule has 128 valence electrons. The van der Waals surface area contributed by atoms with Crippen molar-refractivity contribution >= 4 is 29.3 Å². The maximum absolute atomic E-state index is 12.9. The molecule has 1 amide bonds. The van der Waals surface area contributed by atoms with E-state index >= 15 is 0 Å². The first-order valence-corrected chi connectivity index (χ1v) is 6.95. The Morgan fingerprint density at radius 1 is 1.26 bits per heavy atom. The van der Waals surface area contributed by atoms with E-state index in [2.05, 4.69) is 15.3 Å². The number of H-pyrrole nitrogens is 2. The summed E-state index contributed by atoms with van der Waals surface area (Å²) in [5.74, 6) is -3.50. The summed E-state index contributed by atoms with van der Waals surface area (Å²) in [5.41, 5.74) is 7.00. The van der Waals surface area contributed by atoms with Gasteiger partial charge < -0.3 is 21.0 Å². The Bertz CT molecular complexity index is 714. The maximum atomic E-state index is 12.9. The van der Waals surface area contributed by atoms with Crippen molar-refractivity contribution < 1.29 is 13.6 Å². The molecule has 1 aromatic carbocycles. The molecule has 0 radical (unpaired) electrons. The average Bonchev–Trinajstić information content (AvgIpc) is 2.84. The van der Waals surface area contributed by atoms with Crippen LogP contribution in [0.5, 0.6) is 0 Å². The van der Waals surface area contributed by atoms with Crippen molar-refractivity contribution in [2.75, 3.05) is 13.1 Å². The van der Waals surface area contributed by atoms with Crippen molar-refractivity contribution in [3.63, 3.8) is 0 Å². The fourth-order valence-electron chi connectivity index (χ4n) is 2.08. The Kier molecular flexibility index (Phi) is 6.71. The fraction of sp³-hybridized carbons (Fsp3) is 0.429. The molecule has 9 heteroatoms. The van der Waals surface area contributed by atoms with E-state index in [0.29, 0.717) is 18.4 Å². The van der Waals surface area contributed by atoms with Gasteiger partial charge in [0.05, 0.1) is 24.1 Å². The number of aryl methyl sites for hydroxylation is 1. The van der Waals surface area contributed by atoms with Crippen molar-refractivity contribution in [1.29, 1.82) is 0 Å². The van der Waals surface area contributed by atoms with E-state index in [1.54, 1.807) is 6.07 Å². The highest BCUT2D eigenvalue weighted by atomic mass is 35.5. The minimum absolute atomic E-state index is 0. The van der Waals surface area contributed by atoms with Crippen LogP contribution in [0.1, 0.15) is 18.4 Å². The number of hydrogen-bond acceptors (Lipinski definition) is 3. The Hall–Kier alpha value is -1.93. The summed E-state index contributed by atoms with van der Waals surface area (Å²) in [5, 5.41) is 2.17. The third-order valence-corrected chi connectivity index (χ3v) is 3.29. The number of alkyl halides is 2. The number of nitrogens with two attached hydrogens (primary N) is 1. The van der Waals surface area contributed by atoms with E-state index in [1.807, 2.05) is 12.1 Å². The summed E-state index contributed by atoms with van der Waals surface area (Å²) in [6.07, 6.45) is 1.30. The molecule has 0 aliphatic rings. The van der Waals surface area contributed by atoms with Crippen molar-refractivity contribution in [2.45, 2.75) is 25.2 Å². The molecule has 0 unspecified atom stereocenters. The van der Waals surface area contributed by atoms with Gasteiger partial charge in [-0.2, -0.15) is 0 Å². The quantitative estimate of drug-likeness (QED) is 0.606. The van der Waals surface area contributed by atoms with Gasteiger partial charge in [-0.25, -0.2) is 13.6 Å². The predicted octanol–water partition coefficient (Wildman–Crippen LogP) is 1.31. The van der Waals surface area contributed by atoms with Crippen LogP contribution in [0.25, 0.3) is 11.0 Å². The van der Waals surface area contributed by atoms with Gasteiger partial charge in [-0.15, -0.1) is 12.4 Å². The number of nitrogens with one attached hydrogen (secondary N) is 3. The van der Waals surface area contributed by atoms with Crippen LogP contribution >= 0.6 is 12.4 Å². The normalized spacial score (nSPS) is 11.3. The molecule has 1 heterocycles. The summed E-state index contributed by atoms with van der Waals surface area (Å²) >= 11 is 0. The number of fused-ring (bicyclic) bond motifs is 1. The molecule has 0 aliphatic carbocycles. The molecule has 2 rings (SSSR count). The van der Waals surface area contributed by atoms with E-state index in [-0.39, 0.29) is 24.5 Å². The molecule has 23 heavy (non-hydrogen) atoms. The number of carbonyl (C=O) groups is 1. The van der Waals surface area contributed by atoms with E-state index in [9.17, 15) is 18.4 Å². The van der Waals surface area contributed by atoms with Crippen molar-refractivity contribution in [3.05, 3.63) is 34.2 Å². The van der Waals surface area contributed by atoms with Gasteiger partial charge in [-0.1, -0.05) is 6.07 Å².